The summed E-state index contributed by atoms with van der Waals surface area (Å²) < 4.78 is 9.79. The molecule has 1 amide bonds. The van der Waals surface area contributed by atoms with Gasteiger partial charge in [-0.3, -0.25) is 4.79 Å². The van der Waals surface area contributed by atoms with E-state index in [1.54, 1.807) is 20.8 Å². The minimum absolute atomic E-state index is 0.136. The lowest BCUT2D eigenvalue weighted by Gasteiger charge is -2.27. The molecule has 1 aromatic heterocycles. The predicted octanol–water partition coefficient (Wildman–Crippen LogP) is 1.68. The first-order chi connectivity index (χ1) is 9.34. The minimum atomic E-state index is -1.00. The van der Waals surface area contributed by atoms with Crippen LogP contribution in [-0.2, 0) is 20.7 Å². The topological polar surface area (TPSA) is 81.4 Å². The Hall–Kier alpha value is -1.85. The standard InChI is InChI=1S/C14H22N2O4/c1-6-7-14(4,13(18)19-5)15-12(17)8-11-9(2)16-20-10(11)3/h6-8H2,1-5H3,(H,15,17). The van der Waals surface area contributed by atoms with Crippen LogP contribution in [0, 0.1) is 13.8 Å². The number of hydrogen-bond donors (Lipinski definition) is 1. The molecule has 0 spiro atoms. The van der Waals surface area contributed by atoms with Gasteiger partial charge in [0.05, 0.1) is 19.2 Å². The van der Waals surface area contributed by atoms with E-state index < -0.39 is 11.5 Å². The van der Waals surface area contributed by atoms with Gasteiger partial charge in [-0.2, -0.15) is 0 Å². The summed E-state index contributed by atoms with van der Waals surface area (Å²) in [7, 11) is 1.32. The van der Waals surface area contributed by atoms with E-state index in [1.165, 1.54) is 7.11 Å². The largest absolute Gasteiger partial charge is 0.467 e. The summed E-state index contributed by atoms with van der Waals surface area (Å²) in [6, 6.07) is 0. The van der Waals surface area contributed by atoms with Crippen LogP contribution in [0.2, 0.25) is 0 Å². The van der Waals surface area contributed by atoms with Crippen molar-refractivity contribution in [3.05, 3.63) is 17.0 Å². The lowest BCUT2D eigenvalue weighted by molar-refractivity contribution is -0.150. The van der Waals surface area contributed by atoms with Gasteiger partial charge in [0.25, 0.3) is 0 Å². The van der Waals surface area contributed by atoms with Crippen LogP contribution in [0.4, 0.5) is 0 Å². The van der Waals surface area contributed by atoms with Crippen molar-refractivity contribution in [1.29, 1.82) is 0 Å². The summed E-state index contributed by atoms with van der Waals surface area (Å²) in [6.45, 7) is 7.16. The highest BCUT2D eigenvalue weighted by molar-refractivity contribution is 5.88. The number of methoxy groups -OCH3 is 1. The number of esters is 1. The van der Waals surface area contributed by atoms with E-state index in [0.29, 0.717) is 17.9 Å². The first-order valence-corrected chi connectivity index (χ1v) is 6.65. The highest BCUT2D eigenvalue weighted by atomic mass is 16.5. The second kappa shape index (κ2) is 6.54. The van der Waals surface area contributed by atoms with Gasteiger partial charge >= 0.3 is 5.97 Å². The zero-order chi connectivity index (χ0) is 15.3. The fourth-order valence-corrected chi connectivity index (χ4v) is 2.21. The minimum Gasteiger partial charge on any atom is -0.467 e. The first-order valence-electron chi connectivity index (χ1n) is 6.65. The van der Waals surface area contributed by atoms with Crippen LogP contribution in [0.5, 0.6) is 0 Å². The third-order valence-corrected chi connectivity index (χ3v) is 3.32. The molecule has 0 aliphatic heterocycles. The van der Waals surface area contributed by atoms with Gasteiger partial charge in [0.2, 0.25) is 5.91 Å². The highest BCUT2D eigenvalue weighted by Crippen LogP contribution is 2.17. The molecule has 0 saturated heterocycles. The van der Waals surface area contributed by atoms with E-state index in [0.717, 1.165) is 12.0 Å². The fourth-order valence-electron chi connectivity index (χ4n) is 2.21. The molecule has 0 aliphatic carbocycles. The van der Waals surface area contributed by atoms with Crippen LogP contribution in [0.1, 0.15) is 43.7 Å². The van der Waals surface area contributed by atoms with Crippen LogP contribution in [0.15, 0.2) is 4.52 Å². The summed E-state index contributed by atoms with van der Waals surface area (Å²) in [5.74, 6) is -0.0693. The smallest absolute Gasteiger partial charge is 0.331 e. The average molecular weight is 282 g/mol. The Kier molecular flexibility index (Phi) is 5.30. The second-order valence-electron chi connectivity index (χ2n) is 5.10. The van der Waals surface area contributed by atoms with Crippen molar-refractivity contribution < 1.29 is 18.8 Å². The molecule has 0 saturated carbocycles. The summed E-state index contributed by atoms with van der Waals surface area (Å²) in [6.07, 6.45) is 1.42. The molecule has 1 atom stereocenters. The molecule has 1 N–H and O–H groups in total. The molecule has 6 nitrogen and oxygen atoms in total. The third-order valence-electron chi connectivity index (χ3n) is 3.32. The van der Waals surface area contributed by atoms with Gasteiger partial charge in [0.15, 0.2) is 0 Å². The summed E-state index contributed by atoms with van der Waals surface area (Å²) in [5.41, 5.74) is 0.443. The monoisotopic (exact) mass is 282 g/mol. The van der Waals surface area contributed by atoms with Crippen LogP contribution >= 0.6 is 0 Å². The van der Waals surface area contributed by atoms with Crippen LogP contribution in [0.3, 0.4) is 0 Å². The number of amides is 1. The van der Waals surface area contributed by atoms with E-state index >= 15 is 0 Å². The van der Waals surface area contributed by atoms with Crippen LogP contribution in [0.25, 0.3) is 0 Å². The molecule has 1 aromatic rings. The molecular weight excluding hydrogens is 260 g/mol. The van der Waals surface area contributed by atoms with E-state index in [2.05, 4.69) is 10.5 Å². The van der Waals surface area contributed by atoms with E-state index in [4.69, 9.17) is 9.26 Å². The Morgan fingerprint density at radius 2 is 2.05 bits per heavy atom. The predicted molar refractivity (Wildman–Crippen MR) is 73.2 cm³/mol. The number of rotatable bonds is 6. The van der Waals surface area contributed by atoms with Gasteiger partial charge < -0.3 is 14.6 Å². The molecule has 0 fully saturated rings. The Bertz CT molecular complexity index is 476. The van der Waals surface area contributed by atoms with Gasteiger partial charge in [-0.1, -0.05) is 18.5 Å². The molecular formula is C14H22N2O4. The number of aromatic nitrogens is 1. The van der Waals surface area contributed by atoms with E-state index in [-0.39, 0.29) is 12.3 Å². The summed E-state index contributed by atoms with van der Waals surface area (Å²) >= 11 is 0. The maximum atomic E-state index is 12.1. The lowest BCUT2D eigenvalue weighted by Crippen LogP contribution is -2.53. The van der Waals surface area contributed by atoms with Crippen molar-refractivity contribution in [2.75, 3.05) is 7.11 Å². The Morgan fingerprint density at radius 1 is 1.40 bits per heavy atom. The maximum Gasteiger partial charge on any atom is 0.331 e. The quantitative estimate of drug-likeness (QED) is 0.803. The van der Waals surface area contributed by atoms with Crippen molar-refractivity contribution >= 4 is 11.9 Å². The van der Waals surface area contributed by atoms with Gasteiger partial charge in [-0.05, 0) is 27.2 Å². The number of carbonyl (C=O) groups is 2. The number of carbonyl (C=O) groups excluding carboxylic acids is 2. The number of nitrogens with one attached hydrogen (secondary N) is 1. The molecule has 20 heavy (non-hydrogen) atoms. The van der Waals surface area contributed by atoms with Crippen LogP contribution < -0.4 is 5.32 Å². The molecule has 0 bridgehead atoms. The van der Waals surface area contributed by atoms with Gasteiger partial charge in [0, 0.05) is 5.56 Å². The zero-order valence-corrected chi connectivity index (χ0v) is 12.7. The Morgan fingerprint density at radius 3 is 2.50 bits per heavy atom. The number of ether oxygens (including phenoxy) is 1. The van der Waals surface area contributed by atoms with Crippen molar-refractivity contribution in [3.8, 4) is 0 Å². The van der Waals surface area contributed by atoms with Crippen molar-refractivity contribution in [2.24, 2.45) is 0 Å². The van der Waals surface area contributed by atoms with Gasteiger partial charge in [-0.25, -0.2) is 4.79 Å². The molecule has 6 heteroatoms. The SMILES string of the molecule is CCCC(C)(NC(=O)Cc1c(C)noc1C)C(=O)OC. The van der Waals surface area contributed by atoms with Crippen molar-refractivity contribution in [2.45, 2.75) is 52.5 Å². The second-order valence-corrected chi connectivity index (χ2v) is 5.10. The summed E-state index contributed by atoms with van der Waals surface area (Å²) in [5, 5.41) is 6.56. The molecule has 0 aliphatic rings. The van der Waals surface area contributed by atoms with E-state index in [9.17, 15) is 9.59 Å². The van der Waals surface area contributed by atoms with Gasteiger partial charge in [-0.15, -0.1) is 0 Å². The molecule has 1 rings (SSSR count). The molecule has 0 radical (unpaired) electrons. The van der Waals surface area contributed by atoms with E-state index in [1.807, 2.05) is 6.92 Å². The number of nitrogens with zero attached hydrogens (tertiary/aromatic N) is 1. The summed E-state index contributed by atoms with van der Waals surface area (Å²) in [4.78, 5) is 24.0. The van der Waals surface area contributed by atoms with Gasteiger partial charge in [0.1, 0.15) is 11.3 Å². The normalized spacial score (nSPS) is 13.7. The first kappa shape index (κ1) is 16.2. The maximum absolute atomic E-state index is 12.1. The van der Waals surface area contributed by atoms with Crippen molar-refractivity contribution in [1.82, 2.24) is 10.5 Å². The molecule has 0 aromatic carbocycles. The average Bonchev–Trinajstić information content (AvgIpc) is 2.69. The zero-order valence-electron chi connectivity index (χ0n) is 12.7. The van der Waals surface area contributed by atoms with Crippen molar-refractivity contribution in [3.63, 3.8) is 0 Å². The Labute approximate surface area is 118 Å². The molecule has 112 valence electrons. The fraction of sp³-hybridized carbons (Fsp3) is 0.643. The lowest BCUT2D eigenvalue weighted by atomic mass is 9.95. The molecule has 1 unspecified atom stereocenters. The van der Waals surface area contributed by atoms with Crippen LogP contribution in [-0.4, -0.2) is 29.7 Å². The Balaban J connectivity index is 2.80. The molecule has 1 heterocycles. The number of hydrogen-bond acceptors (Lipinski definition) is 5. The number of aryl methyl sites for hydroxylation is 2. The third kappa shape index (κ3) is 3.59. The highest BCUT2D eigenvalue weighted by Gasteiger charge is 2.35.